The summed E-state index contributed by atoms with van der Waals surface area (Å²) in [6.07, 6.45) is 1.55. The summed E-state index contributed by atoms with van der Waals surface area (Å²) in [6, 6.07) is 1.74. The van der Waals surface area contributed by atoms with Gasteiger partial charge in [-0.25, -0.2) is 4.98 Å². The number of nitrogens with two attached hydrogens (primary N) is 1. The molecular weight excluding hydrogens is 180 g/mol. The molecule has 72 valence electrons. The zero-order chi connectivity index (χ0) is 10.6. The average molecular weight is 190 g/mol. The molecule has 0 fully saturated rings. The molecule has 1 heterocycles. The number of nitrogens with zero attached hydrogens (tertiary/aromatic N) is 1. The quantitative estimate of drug-likeness (QED) is 0.645. The maximum absolute atomic E-state index is 10.4. The molecule has 0 saturated carbocycles. The van der Waals surface area contributed by atoms with Gasteiger partial charge in [0.25, 0.3) is 5.91 Å². The topological polar surface area (TPSA) is 65.2 Å². The van der Waals surface area contributed by atoms with Gasteiger partial charge in [0.05, 0.1) is 7.11 Å². The number of primary amides is 1. The normalized spacial score (nSPS) is 8.71. The van der Waals surface area contributed by atoms with Crippen LogP contribution in [0.5, 0.6) is 5.88 Å². The zero-order valence-electron chi connectivity index (χ0n) is 8.00. The summed E-state index contributed by atoms with van der Waals surface area (Å²) in [5.41, 5.74) is 6.45. The fourth-order valence-electron chi connectivity index (χ4n) is 0.902. The van der Waals surface area contributed by atoms with Crippen molar-refractivity contribution >= 4 is 5.91 Å². The Morgan fingerprint density at radius 3 is 2.86 bits per heavy atom. The predicted molar refractivity (Wildman–Crippen MR) is 51.6 cm³/mol. The highest BCUT2D eigenvalue weighted by atomic mass is 16.5. The smallest absolute Gasteiger partial charge is 0.293 e. The molecule has 1 aromatic rings. The van der Waals surface area contributed by atoms with Crippen molar-refractivity contribution < 1.29 is 9.53 Å². The number of carbonyl (C=O) groups excluding carboxylic acids is 1. The highest BCUT2D eigenvalue weighted by molar-refractivity contribution is 5.92. The number of aryl methyl sites for hydroxylation is 1. The van der Waals surface area contributed by atoms with Crippen LogP contribution in [0.25, 0.3) is 0 Å². The highest BCUT2D eigenvalue weighted by Crippen LogP contribution is 2.11. The molecule has 1 amide bonds. The fourth-order valence-corrected chi connectivity index (χ4v) is 0.902. The van der Waals surface area contributed by atoms with Crippen molar-refractivity contribution in [3.05, 3.63) is 23.4 Å². The lowest BCUT2D eigenvalue weighted by atomic mass is 10.1. The van der Waals surface area contributed by atoms with E-state index in [1.807, 2.05) is 6.92 Å². The van der Waals surface area contributed by atoms with Gasteiger partial charge in [0, 0.05) is 23.7 Å². The maximum atomic E-state index is 10.4. The Balaban J connectivity index is 3.02. The molecule has 0 aromatic carbocycles. The minimum absolute atomic E-state index is 0.520. The second-order valence-electron chi connectivity index (χ2n) is 2.66. The summed E-state index contributed by atoms with van der Waals surface area (Å²) in [7, 11) is 1.54. The first-order chi connectivity index (χ1) is 6.63. The van der Waals surface area contributed by atoms with Crippen molar-refractivity contribution in [1.82, 2.24) is 4.98 Å². The molecule has 0 saturated heterocycles. The molecule has 0 aliphatic heterocycles. The lowest BCUT2D eigenvalue weighted by Crippen LogP contribution is -2.06. The lowest BCUT2D eigenvalue weighted by Gasteiger charge is -2.00. The van der Waals surface area contributed by atoms with Crippen LogP contribution >= 0.6 is 0 Å². The Morgan fingerprint density at radius 1 is 1.64 bits per heavy atom. The number of aromatic nitrogens is 1. The van der Waals surface area contributed by atoms with E-state index in [1.165, 1.54) is 7.11 Å². The second-order valence-corrected chi connectivity index (χ2v) is 2.66. The molecule has 4 nitrogen and oxygen atoms in total. The van der Waals surface area contributed by atoms with Crippen LogP contribution < -0.4 is 10.5 Å². The van der Waals surface area contributed by atoms with Crippen LogP contribution in [0, 0.1) is 18.8 Å². The number of carbonyl (C=O) groups is 1. The van der Waals surface area contributed by atoms with Gasteiger partial charge in [-0.1, -0.05) is 5.92 Å². The number of pyridine rings is 1. The lowest BCUT2D eigenvalue weighted by molar-refractivity contribution is -0.112. The first-order valence-electron chi connectivity index (χ1n) is 3.95. The molecule has 0 bridgehead atoms. The van der Waals surface area contributed by atoms with E-state index in [9.17, 15) is 4.79 Å². The minimum atomic E-state index is -0.653. The molecule has 0 spiro atoms. The standard InChI is InChI=1S/C10H10N2O2/c1-7-5-10(14-2)12-6-8(7)3-4-9(11)13/h5-6H,1-2H3,(H2,11,13). The third kappa shape index (κ3) is 2.49. The predicted octanol–water partition coefficient (Wildman–Crippen LogP) is 0.235. The molecule has 4 heteroatoms. The van der Waals surface area contributed by atoms with E-state index in [0.717, 1.165) is 5.56 Å². The fraction of sp³-hybridized carbons (Fsp3) is 0.200. The average Bonchev–Trinajstić information content (AvgIpc) is 2.15. The van der Waals surface area contributed by atoms with Crippen LogP contribution in [0.2, 0.25) is 0 Å². The number of methoxy groups -OCH3 is 1. The van der Waals surface area contributed by atoms with Gasteiger partial charge in [-0.2, -0.15) is 0 Å². The molecule has 0 aliphatic carbocycles. The summed E-state index contributed by atoms with van der Waals surface area (Å²) < 4.78 is 4.92. The highest BCUT2D eigenvalue weighted by Gasteiger charge is 1.98. The van der Waals surface area contributed by atoms with Crippen LogP contribution in [0.4, 0.5) is 0 Å². The number of rotatable bonds is 1. The molecule has 0 radical (unpaired) electrons. The molecular formula is C10H10N2O2. The number of hydrogen-bond acceptors (Lipinski definition) is 3. The van der Waals surface area contributed by atoms with E-state index in [1.54, 1.807) is 12.3 Å². The number of amides is 1. The van der Waals surface area contributed by atoms with Gasteiger partial charge in [-0.05, 0) is 12.5 Å². The molecule has 2 N–H and O–H groups in total. The van der Waals surface area contributed by atoms with Crippen molar-refractivity contribution in [1.29, 1.82) is 0 Å². The van der Waals surface area contributed by atoms with Crippen molar-refractivity contribution in [2.45, 2.75) is 6.92 Å². The Kier molecular flexibility index (Phi) is 3.08. The second kappa shape index (κ2) is 4.28. The molecule has 0 aliphatic rings. The van der Waals surface area contributed by atoms with Gasteiger partial charge in [0.2, 0.25) is 5.88 Å². The van der Waals surface area contributed by atoms with E-state index in [2.05, 4.69) is 16.8 Å². The monoisotopic (exact) mass is 190 g/mol. The Hall–Kier alpha value is -2.02. The van der Waals surface area contributed by atoms with E-state index in [-0.39, 0.29) is 0 Å². The minimum Gasteiger partial charge on any atom is -0.481 e. The summed E-state index contributed by atoms with van der Waals surface area (Å²) >= 11 is 0. The van der Waals surface area contributed by atoms with Crippen molar-refractivity contribution in [2.24, 2.45) is 5.73 Å². The van der Waals surface area contributed by atoms with Gasteiger partial charge in [0.15, 0.2) is 0 Å². The number of ether oxygens (including phenoxy) is 1. The van der Waals surface area contributed by atoms with Crippen LogP contribution in [-0.4, -0.2) is 18.0 Å². The molecule has 1 rings (SSSR count). The third-order valence-corrected chi connectivity index (χ3v) is 1.62. The van der Waals surface area contributed by atoms with E-state index in [0.29, 0.717) is 11.4 Å². The van der Waals surface area contributed by atoms with E-state index in [4.69, 9.17) is 10.5 Å². The third-order valence-electron chi connectivity index (χ3n) is 1.62. The molecule has 1 aromatic heterocycles. The summed E-state index contributed by atoms with van der Waals surface area (Å²) in [4.78, 5) is 14.4. The maximum Gasteiger partial charge on any atom is 0.293 e. The van der Waals surface area contributed by atoms with Crippen molar-refractivity contribution in [2.75, 3.05) is 7.11 Å². The summed E-state index contributed by atoms with van der Waals surface area (Å²) in [5, 5.41) is 0. The summed E-state index contributed by atoms with van der Waals surface area (Å²) in [5.74, 6) is 4.74. The molecule has 14 heavy (non-hydrogen) atoms. The van der Waals surface area contributed by atoms with Crippen LogP contribution in [-0.2, 0) is 4.79 Å². The Morgan fingerprint density at radius 2 is 2.36 bits per heavy atom. The van der Waals surface area contributed by atoms with Crippen molar-refractivity contribution in [3.8, 4) is 17.7 Å². The van der Waals surface area contributed by atoms with Crippen LogP contribution in [0.3, 0.4) is 0 Å². The van der Waals surface area contributed by atoms with Crippen LogP contribution in [0.1, 0.15) is 11.1 Å². The van der Waals surface area contributed by atoms with Crippen molar-refractivity contribution in [3.63, 3.8) is 0 Å². The zero-order valence-corrected chi connectivity index (χ0v) is 8.00. The van der Waals surface area contributed by atoms with Gasteiger partial charge in [-0.15, -0.1) is 0 Å². The van der Waals surface area contributed by atoms with E-state index < -0.39 is 5.91 Å². The SMILES string of the molecule is COc1cc(C)c(C#CC(N)=O)cn1. The van der Waals surface area contributed by atoms with Gasteiger partial charge >= 0.3 is 0 Å². The van der Waals surface area contributed by atoms with E-state index >= 15 is 0 Å². The summed E-state index contributed by atoms with van der Waals surface area (Å²) in [6.45, 7) is 1.86. The Labute approximate surface area is 82.1 Å². The first kappa shape index (κ1) is 10.1. The van der Waals surface area contributed by atoms with Gasteiger partial charge < -0.3 is 10.5 Å². The first-order valence-corrected chi connectivity index (χ1v) is 3.95. The molecule has 0 unspecified atom stereocenters. The number of hydrogen-bond donors (Lipinski definition) is 1. The Bertz CT molecular complexity index is 416. The van der Waals surface area contributed by atoms with Gasteiger partial charge in [0.1, 0.15) is 0 Å². The van der Waals surface area contributed by atoms with Gasteiger partial charge in [-0.3, -0.25) is 4.79 Å². The molecule has 0 atom stereocenters. The largest absolute Gasteiger partial charge is 0.481 e. The van der Waals surface area contributed by atoms with Crippen LogP contribution in [0.15, 0.2) is 12.3 Å².